The predicted molar refractivity (Wildman–Crippen MR) is 149 cm³/mol. The van der Waals surface area contributed by atoms with Crippen LogP contribution in [0.1, 0.15) is 44.4 Å². The minimum atomic E-state index is -0.987. The minimum Gasteiger partial charge on any atom is -0.497 e. The van der Waals surface area contributed by atoms with Gasteiger partial charge in [0.1, 0.15) is 29.6 Å². The van der Waals surface area contributed by atoms with Crippen LogP contribution in [-0.2, 0) is 22.7 Å². The fourth-order valence-corrected chi connectivity index (χ4v) is 4.34. The van der Waals surface area contributed by atoms with Crippen LogP contribution in [0, 0.1) is 0 Å². The van der Waals surface area contributed by atoms with E-state index in [0.29, 0.717) is 29.0 Å². The Bertz CT molecular complexity index is 1430. The van der Waals surface area contributed by atoms with Crippen molar-refractivity contribution in [1.82, 2.24) is 25.2 Å². The van der Waals surface area contributed by atoms with Crippen LogP contribution >= 0.6 is 0 Å². The van der Waals surface area contributed by atoms with Gasteiger partial charge in [-0.1, -0.05) is 54.6 Å². The summed E-state index contributed by atoms with van der Waals surface area (Å²) < 4.78 is 12.6. The summed E-state index contributed by atoms with van der Waals surface area (Å²) >= 11 is 0. The average Bonchev–Trinajstić information content (AvgIpc) is 3.35. The second kappa shape index (κ2) is 12.0. The zero-order valence-electron chi connectivity index (χ0n) is 23.0. The summed E-state index contributed by atoms with van der Waals surface area (Å²) in [5, 5.41) is 11.5. The predicted octanol–water partition coefficient (Wildman–Crippen LogP) is 4.52. The van der Waals surface area contributed by atoms with Crippen molar-refractivity contribution >= 4 is 22.8 Å². The van der Waals surface area contributed by atoms with Gasteiger partial charge < -0.3 is 19.7 Å². The normalized spacial score (nSPS) is 12.1. The Morgan fingerprint density at radius 1 is 1.00 bits per heavy atom. The van der Waals surface area contributed by atoms with Crippen LogP contribution in [0.4, 0.5) is 0 Å². The Kier molecular flexibility index (Phi) is 8.49. The Morgan fingerprint density at radius 2 is 1.72 bits per heavy atom. The molecule has 0 spiro atoms. The molecule has 0 radical (unpaired) electrons. The second-order valence-electron chi connectivity index (χ2n) is 9.98. The van der Waals surface area contributed by atoms with E-state index >= 15 is 0 Å². The highest BCUT2D eigenvalue weighted by Crippen LogP contribution is 2.35. The third kappa shape index (κ3) is 6.37. The molecule has 4 rings (SSSR count). The molecule has 1 heterocycles. The van der Waals surface area contributed by atoms with E-state index in [1.54, 1.807) is 34.9 Å². The summed E-state index contributed by atoms with van der Waals surface area (Å²) in [4.78, 5) is 29.8. The maximum atomic E-state index is 14.1. The Balaban J connectivity index is 1.82. The highest BCUT2D eigenvalue weighted by molar-refractivity contribution is 5.90. The second-order valence-corrected chi connectivity index (χ2v) is 9.98. The van der Waals surface area contributed by atoms with E-state index in [-0.39, 0.29) is 24.9 Å². The summed E-state index contributed by atoms with van der Waals surface area (Å²) in [5.74, 6) is 0.430. The van der Waals surface area contributed by atoms with Crippen LogP contribution in [0.3, 0.4) is 0 Å². The number of carbonyl (C=O) groups excluding carboxylic acids is 2. The van der Waals surface area contributed by atoms with Crippen LogP contribution in [0.5, 0.6) is 11.5 Å². The molecule has 4 aromatic rings. The molecular weight excluding hydrogens is 494 g/mol. The molecule has 0 aliphatic rings. The van der Waals surface area contributed by atoms with Crippen molar-refractivity contribution in [2.24, 2.45) is 0 Å². The minimum absolute atomic E-state index is 0.0905. The van der Waals surface area contributed by atoms with E-state index in [1.165, 1.54) is 7.11 Å². The highest BCUT2D eigenvalue weighted by atomic mass is 16.5. The van der Waals surface area contributed by atoms with Gasteiger partial charge in [0.25, 0.3) is 0 Å². The summed E-state index contributed by atoms with van der Waals surface area (Å²) in [5.41, 5.74) is 2.37. The van der Waals surface area contributed by atoms with Crippen LogP contribution in [0.15, 0.2) is 72.8 Å². The van der Waals surface area contributed by atoms with Gasteiger partial charge in [0.05, 0.1) is 19.7 Å². The molecule has 39 heavy (non-hydrogen) atoms. The lowest BCUT2D eigenvalue weighted by Crippen LogP contribution is -2.50. The van der Waals surface area contributed by atoms with Gasteiger partial charge >= 0.3 is 0 Å². The summed E-state index contributed by atoms with van der Waals surface area (Å²) in [6.07, 6.45) is 0.711. The topological polar surface area (TPSA) is 98.6 Å². The number of aromatic nitrogens is 3. The SMILES string of the molecule is CCC(C)(C)NC(=O)[C@@H](c1ccc(OC)cc1OC)N(Cc1ccccc1)C(=O)Cn1nnc2ccccc21. The molecular formula is C30H35N5O4. The fourth-order valence-electron chi connectivity index (χ4n) is 4.34. The fraction of sp³-hybridized carbons (Fsp3) is 0.333. The summed E-state index contributed by atoms with van der Waals surface area (Å²) in [6.45, 7) is 6.03. The van der Waals surface area contributed by atoms with Crippen LogP contribution in [0.2, 0.25) is 0 Å². The average molecular weight is 530 g/mol. The smallest absolute Gasteiger partial charge is 0.248 e. The third-order valence-electron chi connectivity index (χ3n) is 6.86. The number of rotatable bonds is 11. The van der Waals surface area contributed by atoms with Crippen LogP contribution in [0.25, 0.3) is 11.0 Å². The molecule has 204 valence electrons. The number of hydrogen-bond acceptors (Lipinski definition) is 6. The number of ether oxygens (including phenoxy) is 2. The van der Waals surface area contributed by atoms with Crippen molar-refractivity contribution in [1.29, 1.82) is 0 Å². The Morgan fingerprint density at radius 3 is 2.41 bits per heavy atom. The highest BCUT2D eigenvalue weighted by Gasteiger charge is 2.36. The van der Waals surface area contributed by atoms with E-state index in [9.17, 15) is 9.59 Å². The van der Waals surface area contributed by atoms with E-state index < -0.39 is 11.6 Å². The first-order chi connectivity index (χ1) is 18.8. The van der Waals surface area contributed by atoms with Crippen molar-refractivity contribution in [2.75, 3.05) is 14.2 Å². The molecule has 0 saturated carbocycles. The number of methoxy groups -OCH3 is 2. The van der Waals surface area contributed by atoms with E-state index in [1.807, 2.05) is 75.4 Å². The van der Waals surface area contributed by atoms with E-state index in [0.717, 1.165) is 11.1 Å². The molecule has 0 saturated heterocycles. The van der Waals surface area contributed by atoms with Gasteiger partial charge in [-0.25, -0.2) is 4.68 Å². The molecule has 0 aliphatic carbocycles. The zero-order chi connectivity index (χ0) is 28.0. The van der Waals surface area contributed by atoms with Crippen molar-refractivity contribution in [3.8, 4) is 11.5 Å². The molecule has 1 N–H and O–H groups in total. The first-order valence-electron chi connectivity index (χ1n) is 12.9. The Hall–Kier alpha value is -4.40. The van der Waals surface area contributed by atoms with Crippen molar-refractivity contribution < 1.29 is 19.1 Å². The van der Waals surface area contributed by atoms with Gasteiger partial charge in [0.2, 0.25) is 11.8 Å². The Labute approximate surface area is 228 Å². The molecule has 9 nitrogen and oxygen atoms in total. The quantitative estimate of drug-likeness (QED) is 0.307. The monoisotopic (exact) mass is 529 g/mol. The molecule has 1 atom stereocenters. The molecule has 0 bridgehead atoms. The first kappa shape index (κ1) is 27.6. The number of fused-ring (bicyclic) bond motifs is 1. The molecule has 0 fully saturated rings. The lowest BCUT2D eigenvalue weighted by atomic mass is 9.97. The third-order valence-corrected chi connectivity index (χ3v) is 6.86. The van der Waals surface area contributed by atoms with E-state index in [4.69, 9.17) is 9.47 Å². The van der Waals surface area contributed by atoms with Crippen LogP contribution < -0.4 is 14.8 Å². The maximum absolute atomic E-state index is 14.1. The maximum Gasteiger partial charge on any atom is 0.248 e. The summed E-state index contributed by atoms with van der Waals surface area (Å²) in [7, 11) is 3.10. The van der Waals surface area contributed by atoms with Gasteiger partial charge in [0.15, 0.2) is 0 Å². The first-order valence-corrected chi connectivity index (χ1v) is 12.9. The van der Waals surface area contributed by atoms with Crippen molar-refractivity contribution in [3.05, 3.63) is 83.9 Å². The summed E-state index contributed by atoms with van der Waals surface area (Å²) in [6, 6.07) is 21.3. The van der Waals surface area contributed by atoms with Crippen LogP contribution in [-0.4, -0.2) is 51.5 Å². The van der Waals surface area contributed by atoms with Gasteiger partial charge in [-0.3, -0.25) is 9.59 Å². The molecule has 3 aromatic carbocycles. The van der Waals surface area contributed by atoms with Gasteiger partial charge in [-0.15, -0.1) is 5.10 Å². The molecule has 9 heteroatoms. The number of nitrogens with one attached hydrogen (secondary N) is 1. The number of hydrogen-bond donors (Lipinski definition) is 1. The van der Waals surface area contributed by atoms with Crippen molar-refractivity contribution in [3.63, 3.8) is 0 Å². The molecule has 0 unspecified atom stereocenters. The number of carbonyl (C=O) groups is 2. The van der Waals surface area contributed by atoms with Gasteiger partial charge in [0, 0.05) is 23.7 Å². The zero-order valence-corrected chi connectivity index (χ0v) is 23.0. The van der Waals surface area contributed by atoms with E-state index in [2.05, 4.69) is 15.6 Å². The lowest BCUT2D eigenvalue weighted by Gasteiger charge is -2.35. The molecule has 2 amide bonds. The number of nitrogens with zero attached hydrogens (tertiary/aromatic N) is 4. The lowest BCUT2D eigenvalue weighted by molar-refractivity contribution is -0.143. The van der Waals surface area contributed by atoms with Crippen molar-refractivity contribution in [2.45, 2.75) is 51.9 Å². The number of amides is 2. The van der Waals surface area contributed by atoms with Gasteiger partial charge in [-0.05, 0) is 50.1 Å². The molecule has 0 aliphatic heterocycles. The number of para-hydroxylation sites is 1. The molecule has 1 aromatic heterocycles. The largest absolute Gasteiger partial charge is 0.497 e. The number of benzene rings is 3. The standard InChI is InChI=1S/C30H35N5O4/c1-6-30(2,3)31-29(37)28(23-17-16-22(38-4)18-26(23)39-5)34(19-21-12-8-7-9-13-21)27(36)20-35-25-15-11-10-14-24(25)32-33-35/h7-18,28H,6,19-20H2,1-5H3,(H,31,37)/t28-/m1/s1. The van der Waals surface area contributed by atoms with Gasteiger partial charge in [-0.2, -0.15) is 0 Å².